The number of ether oxygens (including phenoxy) is 1. The molecule has 0 saturated carbocycles. The maximum atomic E-state index is 6.17. The number of hydrogen-bond acceptors (Lipinski definition) is 3. The van der Waals surface area contributed by atoms with Crippen molar-refractivity contribution >= 4 is 29.2 Å². The van der Waals surface area contributed by atoms with Gasteiger partial charge in [0.1, 0.15) is 5.75 Å². The number of nitrogens with one attached hydrogen (secondary N) is 1. The highest BCUT2D eigenvalue weighted by Crippen LogP contribution is 2.50. The molecule has 0 fully saturated rings. The number of aryl methyl sites for hydroxylation is 1. The van der Waals surface area contributed by atoms with Crippen LogP contribution in [0.1, 0.15) is 47.6 Å². The molecule has 3 aromatic carbocycles. The standard InChI is InChI=1S/C28H27ClN2O/c1-3-32-27-14-10-21(29)16-20(27)17-30-22-11-8-19(9-12-22)28-24-6-4-5-23(24)25-15-18(2)7-13-26(25)31-28/h4-5,7-17,23-24,28,31H,3,6H2,1-2H3/t23-,24+,28-/m0/s1. The average molecular weight is 443 g/mol. The van der Waals surface area contributed by atoms with Crippen LogP contribution < -0.4 is 10.1 Å². The highest BCUT2D eigenvalue weighted by Gasteiger charge is 2.37. The van der Waals surface area contributed by atoms with Crippen molar-refractivity contribution in [1.29, 1.82) is 0 Å². The summed E-state index contributed by atoms with van der Waals surface area (Å²) >= 11 is 6.17. The minimum Gasteiger partial charge on any atom is -0.493 e. The molecule has 1 N–H and O–H groups in total. The second-order valence-corrected chi connectivity index (χ2v) is 8.97. The molecule has 0 saturated heterocycles. The molecule has 2 aliphatic rings. The van der Waals surface area contributed by atoms with Crippen LogP contribution in [0.5, 0.6) is 5.75 Å². The van der Waals surface area contributed by atoms with E-state index >= 15 is 0 Å². The predicted octanol–water partition coefficient (Wildman–Crippen LogP) is 7.62. The molecule has 1 aliphatic heterocycles. The third-order valence-corrected chi connectivity index (χ3v) is 6.63. The topological polar surface area (TPSA) is 33.6 Å². The second-order valence-electron chi connectivity index (χ2n) is 8.53. The first kappa shape index (κ1) is 20.8. The van der Waals surface area contributed by atoms with E-state index in [0.29, 0.717) is 29.5 Å². The molecule has 3 nitrogen and oxygen atoms in total. The average Bonchev–Trinajstić information content (AvgIpc) is 3.30. The number of aliphatic imine (C=N–C) groups is 1. The lowest BCUT2D eigenvalue weighted by Gasteiger charge is -2.37. The fraction of sp³-hybridized carbons (Fsp3) is 0.250. The van der Waals surface area contributed by atoms with Gasteiger partial charge in [-0.1, -0.05) is 53.6 Å². The van der Waals surface area contributed by atoms with Gasteiger partial charge in [-0.05, 0) is 73.7 Å². The van der Waals surface area contributed by atoms with E-state index in [1.165, 1.54) is 22.4 Å². The van der Waals surface area contributed by atoms with Crippen LogP contribution in [0.25, 0.3) is 0 Å². The lowest BCUT2D eigenvalue weighted by Crippen LogP contribution is -2.29. The molecule has 0 amide bonds. The Kier molecular flexibility index (Phi) is 5.75. The zero-order valence-corrected chi connectivity index (χ0v) is 19.1. The molecule has 0 aromatic heterocycles. The van der Waals surface area contributed by atoms with Crippen LogP contribution >= 0.6 is 11.6 Å². The van der Waals surface area contributed by atoms with E-state index in [0.717, 1.165) is 23.4 Å². The summed E-state index contributed by atoms with van der Waals surface area (Å²) in [6.45, 7) is 4.74. The first-order valence-corrected chi connectivity index (χ1v) is 11.6. The zero-order valence-electron chi connectivity index (χ0n) is 18.4. The van der Waals surface area contributed by atoms with Gasteiger partial charge in [-0.2, -0.15) is 0 Å². The minimum atomic E-state index is 0.292. The molecule has 0 spiro atoms. The van der Waals surface area contributed by atoms with Crippen LogP contribution in [-0.2, 0) is 0 Å². The molecule has 5 rings (SSSR count). The normalized spacial score (nSPS) is 21.3. The summed E-state index contributed by atoms with van der Waals surface area (Å²) in [6.07, 6.45) is 7.64. The summed E-state index contributed by atoms with van der Waals surface area (Å²) in [6, 6.07) is 21.2. The van der Waals surface area contributed by atoms with Crippen LogP contribution in [0.4, 0.5) is 11.4 Å². The maximum absolute atomic E-state index is 6.17. The van der Waals surface area contributed by atoms with Gasteiger partial charge in [0.2, 0.25) is 0 Å². The third kappa shape index (κ3) is 4.05. The Bertz CT molecular complexity index is 1180. The SMILES string of the molecule is CCOc1ccc(Cl)cc1C=Nc1ccc([C@@H]2Nc3ccc(C)cc3[C@H]3C=CC[C@H]32)cc1. The van der Waals surface area contributed by atoms with Crippen molar-refractivity contribution in [2.45, 2.75) is 32.2 Å². The predicted molar refractivity (Wildman–Crippen MR) is 134 cm³/mol. The number of rotatable bonds is 5. The lowest BCUT2D eigenvalue weighted by atomic mass is 9.76. The van der Waals surface area contributed by atoms with E-state index in [2.05, 4.69) is 71.8 Å². The summed E-state index contributed by atoms with van der Waals surface area (Å²) in [4.78, 5) is 4.66. The molecule has 0 unspecified atom stereocenters. The van der Waals surface area contributed by atoms with E-state index < -0.39 is 0 Å². The molecule has 0 radical (unpaired) electrons. The highest BCUT2D eigenvalue weighted by molar-refractivity contribution is 6.30. The summed E-state index contributed by atoms with van der Waals surface area (Å²) in [5.41, 5.74) is 7.07. The number of halogens is 1. The van der Waals surface area contributed by atoms with Gasteiger partial charge in [0.25, 0.3) is 0 Å². The first-order chi connectivity index (χ1) is 15.6. The Labute approximate surface area is 194 Å². The van der Waals surface area contributed by atoms with Gasteiger partial charge in [0, 0.05) is 28.4 Å². The molecule has 3 aromatic rings. The Morgan fingerprint density at radius 2 is 1.94 bits per heavy atom. The molecule has 1 heterocycles. The van der Waals surface area contributed by atoms with Gasteiger partial charge in [-0.3, -0.25) is 4.99 Å². The van der Waals surface area contributed by atoms with Crippen LogP contribution in [0.15, 0.2) is 77.8 Å². The fourth-order valence-electron chi connectivity index (χ4n) is 4.86. The Hall–Kier alpha value is -3.04. The Balaban J connectivity index is 1.38. The monoisotopic (exact) mass is 442 g/mol. The van der Waals surface area contributed by atoms with Crippen LogP contribution in [-0.4, -0.2) is 12.8 Å². The van der Waals surface area contributed by atoms with E-state index in [1.807, 2.05) is 31.3 Å². The van der Waals surface area contributed by atoms with Gasteiger partial charge in [0.15, 0.2) is 0 Å². The summed E-state index contributed by atoms with van der Waals surface area (Å²) in [7, 11) is 0. The number of hydrogen-bond donors (Lipinski definition) is 1. The summed E-state index contributed by atoms with van der Waals surface area (Å²) in [5, 5.41) is 4.48. The van der Waals surface area contributed by atoms with Gasteiger partial charge in [0.05, 0.1) is 18.3 Å². The number of anilines is 1. The summed E-state index contributed by atoms with van der Waals surface area (Å²) in [5.74, 6) is 1.81. The molecule has 0 bridgehead atoms. The van der Waals surface area contributed by atoms with Gasteiger partial charge < -0.3 is 10.1 Å². The Morgan fingerprint density at radius 3 is 2.75 bits per heavy atom. The maximum Gasteiger partial charge on any atom is 0.128 e. The zero-order chi connectivity index (χ0) is 22.1. The highest BCUT2D eigenvalue weighted by atomic mass is 35.5. The molecule has 32 heavy (non-hydrogen) atoms. The first-order valence-electron chi connectivity index (χ1n) is 11.2. The van der Waals surface area contributed by atoms with Crippen molar-refractivity contribution in [2.24, 2.45) is 10.9 Å². The van der Waals surface area contributed by atoms with E-state index in [1.54, 1.807) is 0 Å². The van der Waals surface area contributed by atoms with Crippen molar-refractivity contribution < 1.29 is 4.74 Å². The van der Waals surface area contributed by atoms with Gasteiger partial charge >= 0.3 is 0 Å². The molecule has 4 heteroatoms. The van der Waals surface area contributed by atoms with E-state index in [4.69, 9.17) is 16.3 Å². The summed E-state index contributed by atoms with van der Waals surface area (Å²) < 4.78 is 5.69. The van der Waals surface area contributed by atoms with Crippen LogP contribution in [0, 0.1) is 12.8 Å². The van der Waals surface area contributed by atoms with Crippen LogP contribution in [0.3, 0.4) is 0 Å². The molecule has 1 aliphatic carbocycles. The lowest BCUT2D eigenvalue weighted by molar-refractivity contribution is 0.340. The van der Waals surface area contributed by atoms with E-state index in [9.17, 15) is 0 Å². The van der Waals surface area contributed by atoms with Crippen molar-refractivity contribution in [1.82, 2.24) is 0 Å². The molecule has 162 valence electrons. The minimum absolute atomic E-state index is 0.292. The van der Waals surface area contributed by atoms with Crippen molar-refractivity contribution in [3.63, 3.8) is 0 Å². The van der Waals surface area contributed by atoms with Gasteiger partial charge in [-0.25, -0.2) is 0 Å². The van der Waals surface area contributed by atoms with Crippen molar-refractivity contribution in [3.05, 3.63) is 100 Å². The van der Waals surface area contributed by atoms with E-state index in [-0.39, 0.29) is 0 Å². The Morgan fingerprint density at radius 1 is 1.09 bits per heavy atom. The number of nitrogens with zero attached hydrogens (tertiary/aromatic N) is 1. The number of allylic oxidation sites excluding steroid dienone is 2. The fourth-order valence-corrected chi connectivity index (χ4v) is 5.04. The smallest absolute Gasteiger partial charge is 0.128 e. The molecular weight excluding hydrogens is 416 g/mol. The largest absolute Gasteiger partial charge is 0.493 e. The van der Waals surface area contributed by atoms with Crippen molar-refractivity contribution in [2.75, 3.05) is 11.9 Å². The quantitative estimate of drug-likeness (QED) is 0.325. The van der Waals surface area contributed by atoms with Crippen molar-refractivity contribution in [3.8, 4) is 5.75 Å². The third-order valence-electron chi connectivity index (χ3n) is 6.39. The number of benzene rings is 3. The number of fused-ring (bicyclic) bond motifs is 3. The van der Waals surface area contributed by atoms with Gasteiger partial charge in [-0.15, -0.1) is 0 Å². The molecular formula is C28H27ClN2O. The van der Waals surface area contributed by atoms with Crippen LogP contribution in [0.2, 0.25) is 5.02 Å². The molecule has 3 atom stereocenters. The second kappa shape index (κ2) is 8.84.